The standard InChI is InChI=1S/C13H8ClFN2O3S/c14-9-1-4-12(13(18)6-9)17-21(19,20)10-2-3-11(15)8(5-10)7-16/h1-6,17-18H. The molecule has 0 saturated carbocycles. The lowest BCUT2D eigenvalue weighted by Gasteiger charge is -2.10. The van der Waals surface area contributed by atoms with Gasteiger partial charge in [-0.15, -0.1) is 0 Å². The molecule has 2 rings (SSSR count). The second kappa shape index (κ2) is 5.60. The minimum Gasteiger partial charge on any atom is -0.506 e. The van der Waals surface area contributed by atoms with Crippen LogP contribution in [0.5, 0.6) is 5.75 Å². The van der Waals surface area contributed by atoms with Crippen LogP contribution in [0.4, 0.5) is 10.1 Å². The van der Waals surface area contributed by atoms with E-state index in [-0.39, 0.29) is 21.4 Å². The highest BCUT2D eigenvalue weighted by atomic mass is 35.5. The Bertz CT molecular complexity index is 847. The van der Waals surface area contributed by atoms with Crippen molar-refractivity contribution in [2.24, 2.45) is 0 Å². The summed E-state index contributed by atoms with van der Waals surface area (Å²) in [6.45, 7) is 0. The number of benzene rings is 2. The highest BCUT2D eigenvalue weighted by Gasteiger charge is 2.18. The molecule has 21 heavy (non-hydrogen) atoms. The van der Waals surface area contributed by atoms with Crippen LogP contribution in [0.3, 0.4) is 0 Å². The van der Waals surface area contributed by atoms with Crippen LogP contribution in [0.2, 0.25) is 5.02 Å². The first-order valence-electron chi connectivity index (χ1n) is 5.54. The Hall–Kier alpha value is -2.30. The SMILES string of the molecule is N#Cc1cc(S(=O)(=O)Nc2ccc(Cl)cc2O)ccc1F. The molecule has 0 saturated heterocycles. The van der Waals surface area contributed by atoms with Gasteiger partial charge in [0.2, 0.25) is 0 Å². The number of nitriles is 1. The summed E-state index contributed by atoms with van der Waals surface area (Å²) in [6, 6.07) is 8.21. The van der Waals surface area contributed by atoms with Crippen molar-refractivity contribution in [3.63, 3.8) is 0 Å². The molecule has 0 aliphatic rings. The first-order chi connectivity index (χ1) is 9.83. The monoisotopic (exact) mass is 326 g/mol. The first kappa shape index (κ1) is 15.1. The number of phenolic OH excluding ortho intramolecular Hbond substituents is 1. The van der Waals surface area contributed by atoms with Crippen LogP contribution >= 0.6 is 11.6 Å². The van der Waals surface area contributed by atoms with Crippen LogP contribution in [-0.2, 0) is 10.0 Å². The number of aromatic hydroxyl groups is 1. The largest absolute Gasteiger partial charge is 0.506 e. The molecule has 0 unspecified atom stereocenters. The summed E-state index contributed by atoms with van der Waals surface area (Å²) in [6.07, 6.45) is 0. The zero-order chi connectivity index (χ0) is 15.6. The van der Waals surface area contributed by atoms with E-state index in [2.05, 4.69) is 4.72 Å². The molecule has 0 radical (unpaired) electrons. The maximum atomic E-state index is 13.2. The average Bonchev–Trinajstić information content (AvgIpc) is 2.42. The molecule has 5 nitrogen and oxygen atoms in total. The number of nitrogens with zero attached hydrogens (tertiary/aromatic N) is 1. The summed E-state index contributed by atoms with van der Waals surface area (Å²) in [4.78, 5) is -0.296. The normalized spacial score (nSPS) is 10.9. The van der Waals surface area contributed by atoms with Gasteiger partial charge in [-0.1, -0.05) is 11.6 Å². The van der Waals surface area contributed by atoms with Crippen molar-refractivity contribution < 1.29 is 17.9 Å². The molecule has 0 aliphatic carbocycles. The topological polar surface area (TPSA) is 90.2 Å². The van der Waals surface area contributed by atoms with Gasteiger partial charge in [0.1, 0.15) is 17.6 Å². The van der Waals surface area contributed by atoms with E-state index < -0.39 is 21.4 Å². The second-order valence-electron chi connectivity index (χ2n) is 4.02. The van der Waals surface area contributed by atoms with Crippen LogP contribution < -0.4 is 4.72 Å². The molecule has 2 N–H and O–H groups in total. The average molecular weight is 327 g/mol. The predicted molar refractivity (Wildman–Crippen MR) is 75.0 cm³/mol. The van der Waals surface area contributed by atoms with E-state index in [1.54, 1.807) is 6.07 Å². The van der Waals surface area contributed by atoms with Crippen molar-refractivity contribution in [2.45, 2.75) is 4.90 Å². The van der Waals surface area contributed by atoms with E-state index in [1.807, 2.05) is 0 Å². The Morgan fingerprint density at radius 2 is 1.95 bits per heavy atom. The fourth-order valence-corrected chi connectivity index (χ4v) is 2.82. The molecule has 0 amide bonds. The fourth-order valence-electron chi connectivity index (χ4n) is 1.55. The number of rotatable bonds is 3. The summed E-state index contributed by atoms with van der Waals surface area (Å²) in [5, 5.41) is 18.6. The number of hydrogen-bond acceptors (Lipinski definition) is 4. The van der Waals surface area contributed by atoms with Crippen molar-refractivity contribution in [2.75, 3.05) is 4.72 Å². The van der Waals surface area contributed by atoms with E-state index in [4.69, 9.17) is 16.9 Å². The quantitative estimate of drug-likeness (QED) is 0.849. The van der Waals surface area contributed by atoms with Gasteiger partial charge < -0.3 is 5.11 Å². The summed E-state index contributed by atoms with van der Waals surface area (Å²) < 4.78 is 39.6. The molecule has 108 valence electrons. The summed E-state index contributed by atoms with van der Waals surface area (Å²) in [5.41, 5.74) is -0.472. The number of phenols is 1. The highest BCUT2D eigenvalue weighted by molar-refractivity contribution is 7.92. The Balaban J connectivity index is 2.41. The molecular weight excluding hydrogens is 319 g/mol. The molecule has 0 aromatic heterocycles. The van der Waals surface area contributed by atoms with Crippen LogP contribution in [-0.4, -0.2) is 13.5 Å². The van der Waals surface area contributed by atoms with Crippen LogP contribution in [0, 0.1) is 17.1 Å². The lowest BCUT2D eigenvalue weighted by molar-refractivity contribution is 0.477. The molecule has 0 spiro atoms. The maximum Gasteiger partial charge on any atom is 0.262 e. The molecule has 0 bridgehead atoms. The van der Waals surface area contributed by atoms with Crippen molar-refractivity contribution >= 4 is 27.3 Å². The summed E-state index contributed by atoms with van der Waals surface area (Å²) >= 11 is 5.65. The van der Waals surface area contributed by atoms with Gasteiger partial charge in [0.05, 0.1) is 16.1 Å². The smallest absolute Gasteiger partial charge is 0.262 e. The zero-order valence-electron chi connectivity index (χ0n) is 10.3. The summed E-state index contributed by atoms with van der Waals surface area (Å²) in [7, 11) is -4.07. The van der Waals surface area contributed by atoms with Crippen LogP contribution in [0.25, 0.3) is 0 Å². The highest BCUT2D eigenvalue weighted by Crippen LogP contribution is 2.29. The predicted octanol–water partition coefficient (Wildman–Crippen LogP) is 2.86. The summed E-state index contributed by atoms with van der Waals surface area (Å²) in [5.74, 6) is -1.17. The van der Waals surface area contributed by atoms with Crippen molar-refractivity contribution in [1.82, 2.24) is 0 Å². The number of anilines is 1. The third-order valence-corrected chi connectivity index (χ3v) is 4.17. The van der Waals surface area contributed by atoms with Gasteiger partial charge in [0, 0.05) is 11.1 Å². The fraction of sp³-hybridized carbons (Fsp3) is 0. The number of sulfonamides is 1. The maximum absolute atomic E-state index is 13.2. The molecule has 8 heteroatoms. The second-order valence-corrected chi connectivity index (χ2v) is 6.14. The van der Waals surface area contributed by atoms with Gasteiger partial charge in [-0.25, -0.2) is 12.8 Å². The van der Waals surface area contributed by atoms with Gasteiger partial charge >= 0.3 is 0 Å². The Labute approximate surface area is 125 Å². The third-order valence-electron chi connectivity index (χ3n) is 2.57. The van der Waals surface area contributed by atoms with E-state index in [0.717, 1.165) is 18.2 Å². The lowest BCUT2D eigenvalue weighted by atomic mass is 10.2. The minimum atomic E-state index is -4.07. The van der Waals surface area contributed by atoms with Crippen molar-refractivity contribution in [3.05, 3.63) is 52.8 Å². The van der Waals surface area contributed by atoms with E-state index in [9.17, 15) is 17.9 Å². The van der Waals surface area contributed by atoms with Gasteiger partial charge in [-0.2, -0.15) is 5.26 Å². The van der Waals surface area contributed by atoms with Gasteiger partial charge in [0.25, 0.3) is 10.0 Å². The van der Waals surface area contributed by atoms with E-state index in [1.165, 1.54) is 18.2 Å². The molecule has 0 heterocycles. The van der Waals surface area contributed by atoms with Gasteiger partial charge in [-0.3, -0.25) is 4.72 Å². The first-order valence-corrected chi connectivity index (χ1v) is 7.40. The molecule has 0 atom stereocenters. The number of nitrogens with one attached hydrogen (secondary N) is 1. The van der Waals surface area contributed by atoms with E-state index >= 15 is 0 Å². The number of hydrogen-bond donors (Lipinski definition) is 2. The third kappa shape index (κ3) is 3.24. The Morgan fingerprint density at radius 1 is 1.24 bits per heavy atom. The van der Waals surface area contributed by atoms with Gasteiger partial charge in [-0.05, 0) is 30.3 Å². The lowest BCUT2D eigenvalue weighted by Crippen LogP contribution is -2.13. The molecular formula is C13H8ClFN2O3S. The molecule has 2 aromatic carbocycles. The molecule has 2 aromatic rings. The van der Waals surface area contributed by atoms with Crippen LogP contribution in [0.15, 0.2) is 41.3 Å². The Kier molecular flexibility index (Phi) is 4.02. The number of halogens is 2. The Morgan fingerprint density at radius 3 is 2.57 bits per heavy atom. The molecule has 0 aliphatic heterocycles. The van der Waals surface area contributed by atoms with E-state index in [0.29, 0.717) is 0 Å². The van der Waals surface area contributed by atoms with Crippen LogP contribution in [0.1, 0.15) is 5.56 Å². The molecule has 0 fully saturated rings. The van der Waals surface area contributed by atoms with Crippen molar-refractivity contribution in [3.8, 4) is 11.8 Å². The minimum absolute atomic E-state index is 0.0813. The zero-order valence-corrected chi connectivity index (χ0v) is 11.9. The van der Waals surface area contributed by atoms with Crippen molar-refractivity contribution in [1.29, 1.82) is 5.26 Å². The van der Waals surface area contributed by atoms with Gasteiger partial charge in [0.15, 0.2) is 0 Å².